The molecule has 0 saturated carbocycles. The Kier molecular flexibility index (Phi) is 8.99. The van der Waals surface area contributed by atoms with E-state index in [2.05, 4.69) is 10.3 Å². The number of amidine groups is 1. The number of likely N-dealkylation sites (tertiary alicyclic amines) is 1. The molecule has 0 unspecified atom stereocenters. The molecule has 1 aliphatic heterocycles. The Morgan fingerprint density at radius 2 is 1.94 bits per heavy atom. The number of nitrogens with zero attached hydrogens (tertiary/aromatic N) is 2. The molecule has 1 aromatic carbocycles. The van der Waals surface area contributed by atoms with Crippen LogP contribution < -0.4 is 16.8 Å². The first kappa shape index (κ1) is 24.3. The van der Waals surface area contributed by atoms with Gasteiger partial charge >= 0.3 is 6.09 Å². The third kappa shape index (κ3) is 7.06. The number of carbonyl (C=O) groups is 3. The van der Waals surface area contributed by atoms with E-state index < -0.39 is 18.2 Å². The van der Waals surface area contributed by atoms with E-state index in [0.717, 1.165) is 12.0 Å². The first-order valence-corrected chi connectivity index (χ1v) is 10.7. The van der Waals surface area contributed by atoms with Crippen molar-refractivity contribution in [3.05, 3.63) is 35.4 Å². The summed E-state index contributed by atoms with van der Waals surface area (Å²) in [6.07, 6.45) is 1.27. The van der Waals surface area contributed by atoms with Crippen LogP contribution in [-0.4, -0.2) is 53.9 Å². The smallest absolute Gasteiger partial charge is 0.435 e. The van der Waals surface area contributed by atoms with E-state index in [1.165, 1.54) is 0 Å². The number of aliphatic imine (C=N–C) groups is 1. The van der Waals surface area contributed by atoms with Crippen molar-refractivity contribution in [1.29, 1.82) is 0 Å². The highest BCUT2D eigenvalue weighted by atomic mass is 16.5. The third-order valence-electron chi connectivity index (χ3n) is 5.08. The Morgan fingerprint density at radius 3 is 2.55 bits per heavy atom. The van der Waals surface area contributed by atoms with Crippen LogP contribution in [0.15, 0.2) is 29.3 Å². The minimum atomic E-state index is -0.736. The summed E-state index contributed by atoms with van der Waals surface area (Å²) in [5.74, 6) is 0.0298. The summed E-state index contributed by atoms with van der Waals surface area (Å²) in [6, 6.07) is 5.95. The van der Waals surface area contributed by atoms with Gasteiger partial charge in [-0.05, 0) is 37.7 Å². The first-order valence-electron chi connectivity index (χ1n) is 10.7. The second-order valence-electron chi connectivity index (χ2n) is 8.04. The fraction of sp³-hybridized carbons (Fsp3) is 0.545. The number of ether oxygens (including phenoxy) is 1. The molecule has 1 heterocycles. The fourth-order valence-electron chi connectivity index (χ4n) is 3.54. The maximum absolute atomic E-state index is 12.7. The SMILES string of the molecule is CCOC(=O)N=C(N)c1ccc(CNC(=O)[C@@H]2CCCN2C(=O)[C@H](N)CC(C)C)cc1. The van der Waals surface area contributed by atoms with Gasteiger partial charge in [-0.3, -0.25) is 9.59 Å². The van der Waals surface area contributed by atoms with E-state index in [0.29, 0.717) is 37.4 Å². The van der Waals surface area contributed by atoms with E-state index in [4.69, 9.17) is 16.2 Å². The monoisotopic (exact) mass is 431 g/mol. The van der Waals surface area contributed by atoms with Gasteiger partial charge in [0.15, 0.2) is 0 Å². The van der Waals surface area contributed by atoms with Crippen molar-refractivity contribution in [3.8, 4) is 0 Å². The van der Waals surface area contributed by atoms with Crippen LogP contribution in [0.1, 0.15) is 51.2 Å². The van der Waals surface area contributed by atoms with Gasteiger partial charge in [0.1, 0.15) is 11.9 Å². The lowest BCUT2D eigenvalue weighted by molar-refractivity contribution is -0.139. The summed E-state index contributed by atoms with van der Waals surface area (Å²) in [5, 5.41) is 2.89. The highest BCUT2D eigenvalue weighted by Gasteiger charge is 2.36. The van der Waals surface area contributed by atoms with Crippen LogP contribution in [0, 0.1) is 5.92 Å². The van der Waals surface area contributed by atoms with E-state index in [-0.39, 0.29) is 24.3 Å². The van der Waals surface area contributed by atoms with Gasteiger partial charge in [-0.1, -0.05) is 38.1 Å². The Hall–Kier alpha value is -2.94. The molecule has 3 amide bonds. The van der Waals surface area contributed by atoms with Crippen LogP contribution in [0.3, 0.4) is 0 Å². The maximum Gasteiger partial charge on any atom is 0.435 e. The molecule has 1 aromatic rings. The van der Waals surface area contributed by atoms with E-state index in [1.807, 2.05) is 13.8 Å². The van der Waals surface area contributed by atoms with Crippen LogP contribution in [0.25, 0.3) is 0 Å². The molecule has 1 fully saturated rings. The lowest BCUT2D eigenvalue weighted by Gasteiger charge is -2.27. The molecule has 31 heavy (non-hydrogen) atoms. The number of rotatable bonds is 8. The Morgan fingerprint density at radius 1 is 1.26 bits per heavy atom. The molecule has 0 spiro atoms. The molecule has 9 heteroatoms. The summed E-state index contributed by atoms with van der Waals surface area (Å²) < 4.78 is 4.74. The van der Waals surface area contributed by atoms with Crippen molar-refractivity contribution in [2.24, 2.45) is 22.4 Å². The predicted octanol–water partition coefficient (Wildman–Crippen LogP) is 1.53. The van der Waals surface area contributed by atoms with Gasteiger partial charge in [0.25, 0.3) is 0 Å². The molecule has 5 N–H and O–H groups in total. The zero-order chi connectivity index (χ0) is 23.0. The van der Waals surface area contributed by atoms with Crippen molar-refractivity contribution < 1.29 is 19.1 Å². The van der Waals surface area contributed by atoms with E-state index in [1.54, 1.807) is 36.1 Å². The van der Waals surface area contributed by atoms with Gasteiger partial charge in [-0.2, -0.15) is 4.99 Å². The fourth-order valence-corrected chi connectivity index (χ4v) is 3.54. The minimum absolute atomic E-state index is 0.0619. The van der Waals surface area contributed by atoms with Gasteiger partial charge in [0.05, 0.1) is 12.6 Å². The molecular formula is C22H33N5O4. The van der Waals surface area contributed by atoms with Gasteiger partial charge < -0.3 is 26.4 Å². The first-order chi connectivity index (χ1) is 14.7. The van der Waals surface area contributed by atoms with Gasteiger partial charge in [0, 0.05) is 18.7 Å². The minimum Gasteiger partial charge on any atom is -0.448 e. The largest absolute Gasteiger partial charge is 0.448 e. The summed E-state index contributed by atoms with van der Waals surface area (Å²) in [7, 11) is 0. The van der Waals surface area contributed by atoms with Gasteiger partial charge in [0.2, 0.25) is 11.8 Å². The lowest BCUT2D eigenvalue weighted by Crippen LogP contribution is -2.51. The molecule has 2 rings (SSSR count). The Balaban J connectivity index is 1.93. The van der Waals surface area contributed by atoms with Crippen molar-refractivity contribution in [3.63, 3.8) is 0 Å². The van der Waals surface area contributed by atoms with E-state index >= 15 is 0 Å². The third-order valence-corrected chi connectivity index (χ3v) is 5.08. The number of nitrogens with two attached hydrogens (primary N) is 2. The number of carbonyl (C=O) groups excluding carboxylic acids is 3. The molecule has 1 saturated heterocycles. The topological polar surface area (TPSA) is 140 Å². The van der Waals surface area contributed by atoms with Crippen molar-refractivity contribution in [2.45, 2.75) is 58.7 Å². The van der Waals surface area contributed by atoms with Crippen molar-refractivity contribution in [2.75, 3.05) is 13.2 Å². The maximum atomic E-state index is 12.7. The van der Waals surface area contributed by atoms with Crippen LogP contribution in [-0.2, 0) is 20.9 Å². The highest BCUT2D eigenvalue weighted by molar-refractivity contribution is 6.02. The van der Waals surface area contributed by atoms with Crippen LogP contribution >= 0.6 is 0 Å². The zero-order valence-corrected chi connectivity index (χ0v) is 18.5. The summed E-state index contributed by atoms with van der Waals surface area (Å²) >= 11 is 0. The molecule has 0 aliphatic carbocycles. The van der Waals surface area contributed by atoms with Gasteiger partial charge in [-0.25, -0.2) is 4.79 Å². The summed E-state index contributed by atoms with van der Waals surface area (Å²) in [6.45, 7) is 6.81. The van der Waals surface area contributed by atoms with Crippen LogP contribution in [0.4, 0.5) is 4.79 Å². The zero-order valence-electron chi connectivity index (χ0n) is 18.5. The molecular weight excluding hydrogens is 398 g/mol. The second kappa shape index (κ2) is 11.5. The quantitative estimate of drug-likeness (QED) is 0.421. The molecule has 9 nitrogen and oxygen atoms in total. The number of amides is 3. The molecule has 170 valence electrons. The normalized spacial score (nSPS) is 17.5. The lowest BCUT2D eigenvalue weighted by atomic mass is 10.0. The molecule has 0 bridgehead atoms. The van der Waals surface area contributed by atoms with Crippen molar-refractivity contribution in [1.82, 2.24) is 10.2 Å². The Labute approximate surface area is 183 Å². The molecule has 1 aliphatic rings. The predicted molar refractivity (Wildman–Crippen MR) is 118 cm³/mol. The van der Waals surface area contributed by atoms with Crippen LogP contribution in [0.5, 0.6) is 0 Å². The van der Waals surface area contributed by atoms with Gasteiger partial charge in [-0.15, -0.1) is 0 Å². The Bertz CT molecular complexity index is 807. The average molecular weight is 432 g/mol. The number of nitrogens with one attached hydrogen (secondary N) is 1. The van der Waals surface area contributed by atoms with Crippen LogP contribution in [0.2, 0.25) is 0 Å². The number of hydrogen-bond acceptors (Lipinski definition) is 5. The number of hydrogen-bond donors (Lipinski definition) is 3. The average Bonchev–Trinajstić information content (AvgIpc) is 3.21. The number of benzene rings is 1. The second-order valence-corrected chi connectivity index (χ2v) is 8.04. The summed E-state index contributed by atoms with van der Waals surface area (Å²) in [5.41, 5.74) is 13.3. The summed E-state index contributed by atoms with van der Waals surface area (Å²) in [4.78, 5) is 42.0. The molecule has 0 radical (unpaired) electrons. The highest BCUT2D eigenvalue weighted by Crippen LogP contribution is 2.20. The standard InChI is InChI=1S/C22H33N5O4/c1-4-31-22(30)26-19(24)16-9-7-15(8-10-16)13-25-20(28)18-6-5-11-27(18)21(29)17(23)12-14(2)3/h7-10,14,17-18H,4-6,11-13,23H2,1-3H3,(H,25,28)(H2,24,26,30)/t17-,18+/m1/s1. The molecule has 2 atom stereocenters. The van der Waals surface area contributed by atoms with Crippen molar-refractivity contribution >= 4 is 23.7 Å². The van der Waals surface area contributed by atoms with E-state index in [9.17, 15) is 14.4 Å². The molecule has 0 aromatic heterocycles.